The molecule has 0 unspecified atom stereocenters. The predicted molar refractivity (Wildman–Crippen MR) is 117 cm³/mol. The van der Waals surface area contributed by atoms with Crippen molar-refractivity contribution in [2.24, 2.45) is 0 Å². The number of para-hydroxylation sites is 2. The molecule has 1 aromatic heterocycles. The van der Waals surface area contributed by atoms with Gasteiger partial charge in [-0.05, 0) is 63.4 Å². The molecular formula is C24H28FN3O3. The number of carbonyl (C=O) groups is 1. The second-order valence-corrected chi connectivity index (χ2v) is 8.91. The molecule has 1 fully saturated rings. The molecule has 0 N–H and O–H groups in total. The zero-order valence-corrected chi connectivity index (χ0v) is 18.2. The van der Waals surface area contributed by atoms with Gasteiger partial charge in [0.1, 0.15) is 17.5 Å². The lowest BCUT2D eigenvalue weighted by molar-refractivity contribution is 0.00626. The van der Waals surface area contributed by atoms with Crippen molar-refractivity contribution >= 4 is 17.1 Å². The van der Waals surface area contributed by atoms with E-state index in [9.17, 15) is 9.18 Å². The normalized spacial score (nSPS) is 17.0. The minimum Gasteiger partial charge on any atom is -0.459 e. The molecule has 0 bridgehead atoms. The van der Waals surface area contributed by atoms with E-state index in [-0.39, 0.29) is 18.0 Å². The van der Waals surface area contributed by atoms with Crippen LogP contribution in [0.1, 0.15) is 39.2 Å². The molecule has 2 aromatic carbocycles. The summed E-state index contributed by atoms with van der Waals surface area (Å²) in [6.45, 7) is 7.11. The van der Waals surface area contributed by atoms with Crippen molar-refractivity contribution in [2.45, 2.75) is 51.9 Å². The Morgan fingerprint density at radius 1 is 1.19 bits per heavy atom. The molecule has 3 aromatic rings. The van der Waals surface area contributed by atoms with Crippen molar-refractivity contribution in [1.82, 2.24) is 14.5 Å². The van der Waals surface area contributed by atoms with Crippen LogP contribution in [0, 0.1) is 5.82 Å². The molecule has 2 heterocycles. The van der Waals surface area contributed by atoms with E-state index < -0.39 is 5.60 Å². The topological polar surface area (TPSA) is 56.6 Å². The Balaban J connectivity index is 1.56. The first kappa shape index (κ1) is 21.2. The van der Waals surface area contributed by atoms with Crippen LogP contribution in [0.2, 0.25) is 0 Å². The molecule has 0 radical (unpaired) electrons. The van der Waals surface area contributed by atoms with Crippen molar-refractivity contribution < 1.29 is 18.7 Å². The smallest absolute Gasteiger partial charge is 0.410 e. The molecule has 4 rings (SSSR count). The van der Waals surface area contributed by atoms with E-state index in [2.05, 4.69) is 4.98 Å². The number of benzene rings is 2. The average Bonchev–Trinajstić information content (AvgIpc) is 3.04. The Morgan fingerprint density at radius 2 is 2.00 bits per heavy atom. The maximum atomic E-state index is 13.7. The van der Waals surface area contributed by atoms with Crippen LogP contribution >= 0.6 is 0 Å². The van der Waals surface area contributed by atoms with Gasteiger partial charge in [0.2, 0.25) is 0 Å². The molecule has 1 amide bonds. The van der Waals surface area contributed by atoms with Gasteiger partial charge in [-0.3, -0.25) is 4.57 Å². The van der Waals surface area contributed by atoms with E-state index in [0.717, 1.165) is 29.4 Å². The van der Waals surface area contributed by atoms with Crippen LogP contribution < -0.4 is 4.74 Å². The first-order valence-corrected chi connectivity index (χ1v) is 10.6. The number of halogens is 1. The predicted octanol–water partition coefficient (Wildman–Crippen LogP) is 5.00. The summed E-state index contributed by atoms with van der Waals surface area (Å²) < 4.78 is 27.5. The van der Waals surface area contributed by atoms with E-state index in [1.54, 1.807) is 11.0 Å². The zero-order chi connectivity index (χ0) is 22.0. The summed E-state index contributed by atoms with van der Waals surface area (Å²) in [7, 11) is 0. The second-order valence-electron chi connectivity index (χ2n) is 8.91. The van der Waals surface area contributed by atoms with E-state index >= 15 is 0 Å². The number of hydrogen-bond acceptors (Lipinski definition) is 4. The van der Waals surface area contributed by atoms with Gasteiger partial charge in [0.25, 0.3) is 6.01 Å². The maximum absolute atomic E-state index is 13.7. The number of carbonyl (C=O) groups excluding carboxylic acids is 1. The average molecular weight is 426 g/mol. The Labute approximate surface area is 181 Å². The number of fused-ring (bicyclic) bond motifs is 1. The summed E-state index contributed by atoms with van der Waals surface area (Å²) in [5, 5.41) is 0. The number of hydrogen-bond donors (Lipinski definition) is 0. The highest BCUT2D eigenvalue weighted by Crippen LogP contribution is 2.26. The van der Waals surface area contributed by atoms with Gasteiger partial charge >= 0.3 is 6.09 Å². The number of aromatic nitrogens is 2. The van der Waals surface area contributed by atoms with Crippen LogP contribution in [0.4, 0.5) is 9.18 Å². The van der Waals surface area contributed by atoms with Gasteiger partial charge in [0, 0.05) is 6.54 Å². The van der Waals surface area contributed by atoms with Gasteiger partial charge < -0.3 is 14.4 Å². The third-order valence-corrected chi connectivity index (χ3v) is 5.15. The standard InChI is InChI=1S/C24H28FN3O3/c1-24(2,3)31-23(29)27-13-7-10-19(16-27)30-22-26-20-11-4-5-12-21(20)28(22)15-17-8-6-9-18(25)14-17/h4-6,8-9,11-12,14,19H,7,10,13,15-16H2,1-3H3/t19-/m1/s1. The van der Waals surface area contributed by atoms with Crippen molar-refractivity contribution in [3.8, 4) is 6.01 Å². The Morgan fingerprint density at radius 3 is 2.77 bits per heavy atom. The fraction of sp³-hybridized carbons (Fsp3) is 0.417. The lowest BCUT2D eigenvalue weighted by Crippen LogP contribution is -2.46. The van der Waals surface area contributed by atoms with Gasteiger partial charge in [0.15, 0.2) is 0 Å². The highest BCUT2D eigenvalue weighted by molar-refractivity contribution is 5.76. The van der Waals surface area contributed by atoms with E-state index in [1.807, 2.05) is 55.7 Å². The Kier molecular flexibility index (Phi) is 5.85. The minimum atomic E-state index is -0.538. The Hall–Kier alpha value is -3.09. The van der Waals surface area contributed by atoms with Gasteiger partial charge in [-0.1, -0.05) is 24.3 Å². The van der Waals surface area contributed by atoms with Gasteiger partial charge in [-0.2, -0.15) is 4.98 Å². The quantitative estimate of drug-likeness (QED) is 0.590. The zero-order valence-electron chi connectivity index (χ0n) is 18.2. The minimum absolute atomic E-state index is 0.190. The van der Waals surface area contributed by atoms with Crippen molar-refractivity contribution in [3.05, 3.63) is 59.9 Å². The van der Waals surface area contributed by atoms with Crippen LogP contribution in [0.25, 0.3) is 11.0 Å². The SMILES string of the molecule is CC(C)(C)OC(=O)N1CCC[C@@H](Oc2nc3ccccc3n2Cc2cccc(F)c2)C1. The van der Waals surface area contributed by atoms with Crippen LogP contribution in [-0.4, -0.2) is 45.3 Å². The lowest BCUT2D eigenvalue weighted by atomic mass is 10.1. The van der Waals surface area contributed by atoms with Crippen LogP contribution in [0.5, 0.6) is 6.01 Å². The highest BCUT2D eigenvalue weighted by Gasteiger charge is 2.29. The highest BCUT2D eigenvalue weighted by atomic mass is 19.1. The molecule has 1 atom stereocenters. The maximum Gasteiger partial charge on any atom is 0.410 e. The van der Waals surface area contributed by atoms with Crippen LogP contribution in [-0.2, 0) is 11.3 Å². The fourth-order valence-electron chi connectivity index (χ4n) is 3.79. The molecule has 1 aliphatic rings. The molecule has 164 valence electrons. The van der Waals surface area contributed by atoms with E-state index in [0.29, 0.717) is 25.6 Å². The van der Waals surface area contributed by atoms with E-state index in [4.69, 9.17) is 9.47 Å². The van der Waals surface area contributed by atoms with Crippen molar-refractivity contribution in [2.75, 3.05) is 13.1 Å². The molecule has 7 heteroatoms. The number of likely N-dealkylation sites (tertiary alicyclic amines) is 1. The molecule has 1 saturated heterocycles. The van der Waals surface area contributed by atoms with Gasteiger partial charge in [0.05, 0.1) is 24.1 Å². The van der Waals surface area contributed by atoms with Crippen molar-refractivity contribution in [3.63, 3.8) is 0 Å². The lowest BCUT2D eigenvalue weighted by Gasteiger charge is -2.34. The molecule has 1 aliphatic heterocycles. The summed E-state index contributed by atoms with van der Waals surface area (Å²) in [4.78, 5) is 18.8. The number of amides is 1. The van der Waals surface area contributed by atoms with Crippen LogP contribution in [0.3, 0.4) is 0 Å². The molecule has 6 nitrogen and oxygen atoms in total. The van der Waals surface area contributed by atoms with Crippen LogP contribution in [0.15, 0.2) is 48.5 Å². The first-order chi connectivity index (χ1) is 14.8. The van der Waals surface area contributed by atoms with Gasteiger partial charge in [-0.25, -0.2) is 9.18 Å². The number of piperidine rings is 1. The number of nitrogens with zero attached hydrogens (tertiary/aromatic N) is 3. The summed E-state index contributed by atoms with van der Waals surface area (Å²) >= 11 is 0. The van der Waals surface area contributed by atoms with Crippen molar-refractivity contribution in [1.29, 1.82) is 0 Å². The summed E-state index contributed by atoms with van der Waals surface area (Å²) in [5.74, 6) is -0.273. The molecule has 0 spiro atoms. The summed E-state index contributed by atoms with van der Waals surface area (Å²) in [6, 6.07) is 14.8. The number of rotatable bonds is 4. The number of ether oxygens (including phenoxy) is 2. The van der Waals surface area contributed by atoms with Gasteiger partial charge in [-0.15, -0.1) is 0 Å². The summed E-state index contributed by atoms with van der Waals surface area (Å²) in [6.07, 6.45) is 1.13. The largest absolute Gasteiger partial charge is 0.459 e. The second kappa shape index (κ2) is 8.57. The fourth-order valence-corrected chi connectivity index (χ4v) is 3.79. The molecule has 31 heavy (non-hydrogen) atoms. The number of imidazole rings is 1. The third-order valence-electron chi connectivity index (χ3n) is 5.15. The monoisotopic (exact) mass is 425 g/mol. The Bertz CT molecular complexity index is 1070. The van der Waals surface area contributed by atoms with E-state index in [1.165, 1.54) is 12.1 Å². The molecule has 0 aliphatic carbocycles. The molecule has 0 saturated carbocycles. The summed E-state index contributed by atoms with van der Waals surface area (Å²) in [5.41, 5.74) is 2.02. The first-order valence-electron chi connectivity index (χ1n) is 10.6. The third kappa shape index (κ3) is 5.16. The molecular weight excluding hydrogens is 397 g/mol.